The maximum absolute atomic E-state index is 5.45. The molecule has 0 amide bonds. The van der Waals surface area contributed by atoms with E-state index in [1.165, 1.54) is 30.4 Å². The molecule has 2 aromatic rings. The molecule has 1 aliphatic rings. The SMILES string of the molecule is CCc1noc(CC)c1CNC(=NC)NCC1(c2ccccc2)CCC1. The summed E-state index contributed by atoms with van der Waals surface area (Å²) in [5, 5.41) is 11.1. The van der Waals surface area contributed by atoms with Crippen LogP contribution in [0.1, 0.15) is 55.7 Å². The summed E-state index contributed by atoms with van der Waals surface area (Å²) in [6, 6.07) is 10.8. The summed E-state index contributed by atoms with van der Waals surface area (Å²) in [4.78, 5) is 4.40. The van der Waals surface area contributed by atoms with Crippen LogP contribution in [0.3, 0.4) is 0 Å². The third-order valence-electron chi connectivity index (χ3n) is 5.55. The van der Waals surface area contributed by atoms with Crippen molar-refractivity contribution in [3.8, 4) is 0 Å². The third kappa shape index (κ3) is 3.76. The highest BCUT2D eigenvalue weighted by molar-refractivity contribution is 5.79. The highest BCUT2D eigenvalue weighted by atomic mass is 16.5. The Hall–Kier alpha value is -2.30. The van der Waals surface area contributed by atoms with Gasteiger partial charge in [-0.3, -0.25) is 4.99 Å². The largest absolute Gasteiger partial charge is 0.361 e. The zero-order chi connectivity index (χ0) is 18.4. The highest BCUT2D eigenvalue weighted by Gasteiger charge is 2.38. The Morgan fingerprint density at radius 3 is 2.50 bits per heavy atom. The molecule has 0 unspecified atom stereocenters. The molecule has 1 aromatic heterocycles. The standard InChI is InChI=1S/C21H30N4O/c1-4-18-17(19(5-2)26-25-18)14-23-20(22-3)24-15-21(12-9-13-21)16-10-7-6-8-11-16/h6-8,10-11H,4-5,9,12-15H2,1-3H3,(H2,22,23,24). The lowest BCUT2D eigenvalue weighted by molar-refractivity contribution is 0.244. The molecule has 2 N–H and O–H groups in total. The lowest BCUT2D eigenvalue weighted by Gasteiger charge is -2.43. The van der Waals surface area contributed by atoms with Crippen LogP contribution in [0.2, 0.25) is 0 Å². The Labute approximate surface area is 156 Å². The molecule has 0 aliphatic heterocycles. The van der Waals surface area contributed by atoms with Gasteiger partial charge in [-0.05, 0) is 24.8 Å². The van der Waals surface area contributed by atoms with Crippen LogP contribution in [0.15, 0.2) is 39.8 Å². The van der Waals surface area contributed by atoms with E-state index < -0.39 is 0 Å². The molecule has 1 aliphatic carbocycles. The molecule has 3 rings (SSSR count). The maximum atomic E-state index is 5.45. The number of hydrogen-bond donors (Lipinski definition) is 2. The van der Waals surface area contributed by atoms with Crippen LogP contribution in [0.4, 0.5) is 0 Å². The van der Waals surface area contributed by atoms with Crippen molar-refractivity contribution in [3.05, 3.63) is 52.9 Å². The number of benzene rings is 1. The van der Waals surface area contributed by atoms with Gasteiger partial charge < -0.3 is 15.2 Å². The van der Waals surface area contributed by atoms with E-state index in [9.17, 15) is 0 Å². The number of rotatable bonds is 7. The Kier molecular flexibility index (Phi) is 5.96. The molecule has 0 saturated heterocycles. The first-order chi connectivity index (χ1) is 12.7. The molecule has 26 heavy (non-hydrogen) atoms. The third-order valence-corrected chi connectivity index (χ3v) is 5.55. The molecule has 0 atom stereocenters. The van der Waals surface area contributed by atoms with Crippen molar-refractivity contribution < 1.29 is 4.52 Å². The van der Waals surface area contributed by atoms with Crippen LogP contribution >= 0.6 is 0 Å². The van der Waals surface area contributed by atoms with Crippen molar-refractivity contribution in [2.24, 2.45) is 4.99 Å². The first-order valence-corrected chi connectivity index (χ1v) is 9.68. The lowest BCUT2D eigenvalue weighted by Crippen LogP contribution is -2.48. The molecule has 1 fully saturated rings. The minimum atomic E-state index is 0.235. The Morgan fingerprint density at radius 2 is 1.92 bits per heavy atom. The summed E-state index contributed by atoms with van der Waals surface area (Å²) in [5.74, 6) is 1.79. The van der Waals surface area contributed by atoms with E-state index >= 15 is 0 Å². The summed E-state index contributed by atoms with van der Waals surface area (Å²) < 4.78 is 5.45. The number of aliphatic imine (C=N–C) groups is 1. The quantitative estimate of drug-likeness (QED) is 0.589. The summed E-state index contributed by atoms with van der Waals surface area (Å²) in [6.45, 7) is 5.79. The second-order valence-electron chi connectivity index (χ2n) is 7.02. The molecular formula is C21H30N4O. The minimum Gasteiger partial charge on any atom is -0.361 e. The van der Waals surface area contributed by atoms with E-state index in [0.29, 0.717) is 6.54 Å². The van der Waals surface area contributed by atoms with Gasteiger partial charge in [0, 0.05) is 37.5 Å². The molecule has 1 heterocycles. The molecule has 0 bridgehead atoms. The van der Waals surface area contributed by atoms with Crippen molar-refractivity contribution in [1.82, 2.24) is 15.8 Å². The van der Waals surface area contributed by atoms with Gasteiger partial charge in [-0.15, -0.1) is 0 Å². The molecule has 5 heteroatoms. The Balaban J connectivity index is 1.61. The minimum absolute atomic E-state index is 0.235. The maximum Gasteiger partial charge on any atom is 0.191 e. The summed E-state index contributed by atoms with van der Waals surface area (Å²) in [5.41, 5.74) is 3.86. The summed E-state index contributed by atoms with van der Waals surface area (Å²) >= 11 is 0. The molecule has 0 radical (unpaired) electrons. The van der Waals surface area contributed by atoms with Crippen molar-refractivity contribution in [3.63, 3.8) is 0 Å². The van der Waals surface area contributed by atoms with Gasteiger partial charge in [-0.25, -0.2) is 0 Å². The van der Waals surface area contributed by atoms with Gasteiger partial charge in [0.05, 0.1) is 5.69 Å². The van der Waals surface area contributed by atoms with Gasteiger partial charge in [0.2, 0.25) is 0 Å². The normalized spacial score (nSPS) is 16.2. The number of aryl methyl sites for hydroxylation is 2. The lowest BCUT2D eigenvalue weighted by atomic mass is 9.64. The highest BCUT2D eigenvalue weighted by Crippen LogP contribution is 2.43. The fourth-order valence-electron chi connectivity index (χ4n) is 3.75. The number of nitrogens with one attached hydrogen (secondary N) is 2. The number of hydrogen-bond acceptors (Lipinski definition) is 3. The van der Waals surface area contributed by atoms with Crippen LogP contribution in [0.5, 0.6) is 0 Å². The van der Waals surface area contributed by atoms with Gasteiger partial charge in [-0.1, -0.05) is 55.8 Å². The summed E-state index contributed by atoms with van der Waals surface area (Å²) in [7, 11) is 1.82. The Morgan fingerprint density at radius 1 is 1.15 bits per heavy atom. The summed E-state index contributed by atoms with van der Waals surface area (Å²) in [6.07, 6.45) is 5.49. The molecule has 1 saturated carbocycles. The molecular weight excluding hydrogens is 324 g/mol. The second kappa shape index (κ2) is 8.39. The van der Waals surface area contributed by atoms with Crippen LogP contribution < -0.4 is 10.6 Å². The molecule has 140 valence electrons. The van der Waals surface area contributed by atoms with Gasteiger partial charge in [-0.2, -0.15) is 0 Å². The average molecular weight is 354 g/mol. The first kappa shape index (κ1) is 18.5. The monoisotopic (exact) mass is 354 g/mol. The molecule has 5 nitrogen and oxygen atoms in total. The van der Waals surface area contributed by atoms with Crippen LogP contribution in [-0.2, 0) is 24.8 Å². The van der Waals surface area contributed by atoms with Gasteiger partial charge in [0.25, 0.3) is 0 Å². The smallest absolute Gasteiger partial charge is 0.191 e. The predicted molar refractivity (Wildman–Crippen MR) is 105 cm³/mol. The topological polar surface area (TPSA) is 62.5 Å². The zero-order valence-corrected chi connectivity index (χ0v) is 16.1. The van der Waals surface area contributed by atoms with E-state index in [2.05, 4.69) is 65.0 Å². The number of nitrogens with zero attached hydrogens (tertiary/aromatic N) is 2. The Bertz CT molecular complexity index is 710. The van der Waals surface area contributed by atoms with Gasteiger partial charge in [0.1, 0.15) is 5.76 Å². The van der Waals surface area contributed by atoms with Crippen molar-refractivity contribution in [2.45, 2.75) is 57.9 Å². The van der Waals surface area contributed by atoms with Gasteiger partial charge >= 0.3 is 0 Å². The fourth-order valence-corrected chi connectivity index (χ4v) is 3.75. The van der Waals surface area contributed by atoms with E-state index in [1.54, 1.807) is 0 Å². The second-order valence-corrected chi connectivity index (χ2v) is 7.02. The van der Waals surface area contributed by atoms with E-state index in [-0.39, 0.29) is 5.41 Å². The molecule has 0 spiro atoms. The van der Waals surface area contributed by atoms with Crippen LogP contribution in [0, 0.1) is 0 Å². The zero-order valence-electron chi connectivity index (χ0n) is 16.1. The van der Waals surface area contributed by atoms with E-state index in [1.807, 2.05) is 7.05 Å². The number of aromatic nitrogens is 1. The van der Waals surface area contributed by atoms with E-state index in [4.69, 9.17) is 4.52 Å². The number of guanidine groups is 1. The fraction of sp³-hybridized carbons (Fsp3) is 0.524. The van der Waals surface area contributed by atoms with E-state index in [0.717, 1.165) is 36.8 Å². The molecule has 1 aromatic carbocycles. The average Bonchev–Trinajstić information content (AvgIpc) is 3.06. The first-order valence-electron chi connectivity index (χ1n) is 9.68. The van der Waals surface area contributed by atoms with Crippen molar-refractivity contribution in [2.75, 3.05) is 13.6 Å². The van der Waals surface area contributed by atoms with Crippen LogP contribution in [0.25, 0.3) is 0 Å². The predicted octanol–water partition coefficient (Wildman–Crippen LogP) is 3.59. The van der Waals surface area contributed by atoms with Crippen molar-refractivity contribution in [1.29, 1.82) is 0 Å². The van der Waals surface area contributed by atoms with Gasteiger partial charge in [0.15, 0.2) is 5.96 Å². The van der Waals surface area contributed by atoms with Crippen molar-refractivity contribution >= 4 is 5.96 Å². The van der Waals surface area contributed by atoms with Crippen LogP contribution in [-0.4, -0.2) is 24.7 Å².